The Morgan fingerprint density at radius 3 is 2.55 bits per heavy atom. The van der Waals surface area contributed by atoms with Crippen molar-refractivity contribution in [2.75, 3.05) is 5.32 Å². The summed E-state index contributed by atoms with van der Waals surface area (Å²) >= 11 is 3.25. The SMILES string of the molecule is CCCCCC(=O)Nc1cc(C)c(S(=O)(=O)Cl)cc1Br. The molecule has 0 bridgehead atoms. The predicted octanol–water partition coefficient (Wildman–Crippen LogP) is 4.20. The van der Waals surface area contributed by atoms with E-state index in [9.17, 15) is 13.2 Å². The Hall–Kier alpha value is -0.590. The molecule has 1 aromatic rings. The first-order valence-corrected chi connectivity index (χ1v) is 9.40. The Labute approximate surface area is 132 Å². The number of hydrogen-bond acceptors (Lipinski definition) is 3. The summed E-state index contributed by atoms with van der Waals surface area (Å²) in [5.74, 6) is -0.0833. The third-order valence-corrected chi connectivity index (χ3v) is 4.93. The van der Waals surface area contributed by atoms with Gasteiger partial charge in [0.15, 0.2) is 0 Å². The van der Waals surface area contributed by atoms with E-state index in [0.29, 0.717) is 22.1 Å². The monoisotopic (exact) mass is 381 g/mol. The third kappa shape index (κ3) is 5.07. The maximum Gasteiger partial charge on any atom is 0.261 e. The molecule has 0 unspecified atom stereocenters. The van der Waals surface area contributed by atoms with Crippen molar-refractivity contribution in [3.63, 3.8) is 0 Å². The first kappa shape index (κ1) is 17.5. The van der Waals surface area contributed by atoms with Gasteiger partial charge in [-0.3, -0.25) is 4.79 Å². The van der Waals surface area contributed by atoms with Gasteiger partial charge in [-0.05, 0) is 47.0 Å². The van der Waals surface area contributed by atoms with Crippen molar-refractivity contribution in [1.82, 2.24) is 0 Å². The summed E-state index contributed by atoms with van der Waals surface area (Å²) in [7, 11) is 1.55. The molecule has 0 heterocycles. The lowest BCUT2D eigenvalue weighted by molar-refractivity contribution is -0.116. The molecule has 1 amide bonds. The number of benzene rings is 1. The van der Waals surface area contributed by atoms with Gasteiger partial charge in [0.25, 0.3) is 9.05 Å². The molecule has 0 aliphatic carbocycles. The van der Waals surface area contributed by atoms with Gasteiger partial charge in [-0.25, -0.2) is 8.42 Å². The largest absolute Gasteiger partial charge is 0.325 e. The van der Waals surface area contributed by atoms with Gasteiger partial charge in [-0.15, -0.1) is 0 Å². The van der Waals surface area contributed by atoms with Crippen LogP contribution in [-0.2, 0) is 13.8 Å². The van der Waals surface area contributed by atoms with Crippen LogP contribution < -0.4 is 5.32 Å². The van der Waals surface area contributed by atoms with Crippen molar-refractivity contribution < 1.29 is 13.2 Å². The van der Waals surface area contributed by atoms with Gasteiger partial charge >= 0.3 is 0 Å². The predicted molar refractivity (Wildman–Crippen MR) is 84.7 cm³/mol. The molecule has 0 saturated carbocycles. The van der Waals surface area contributed by atoms with Crippen LogP contribution in [0, 0.1) is 6.92 Å². The van der Waals surface area contributed by atoms with E-state index in [1.807, 2.05) is 0 Å². The Morgan fingerprint density at radius 2 is 2.00 bits per heavy atom. The Morgan fingerprint density at radius 1 is 1.35 bits per heavy atom. The smallest absolute Gasteiger partial charge is 0.261 e. The van der Waals surface area contributed by atoms with E-state index in [-0.39, 0.29) is 10.8 Å². The van der Waals surface area contributed by atoms with Crippen molar-refractivity contribution in [3.05, 3.63) is 22.2 Å². The lowest BCUT2D eigenvalue weighted by Gasteiger charge is -2.10. The van der Waals surface area contributed by atoms with Gasteiger partial charge in [-0.1, -0.05) is 19.8 Å². The zero-order valence-corrected chi connectivity index (χ0v) is 14.5. The van der Waals surface area contributed by atoms with Gasteiger partial charge in [-0.2, -0.15) is 0 Å². The second kappa shape index (κ2) is 7.43. The normalized spacial score (nSPS) is 11.4. The molecular formula is C13H17BrClNO3S. The van der Waals surface area contributed by atoms with Crippen LogP contribution in [0.3, 0.4) is 0 Å². The minimum atomic E-state index is -3.79. The summed E-state index contributed by atoms with van der Waals surface area (Å²) in [6.07, 6.45) is 3.36. The molecule has 0 radical (unpaired) electrons. The Balaban J connectivity index is 2.88. The maximum atomic E-state index is 11.8. The second-order valence-corrected chi connectivity index (χ2v) is 7.93. The first-order valence-electron chi connectivity index (χ1n) is 6.30. The molecule has 0 aromatic heterocycles. The van der Waals surface area contributed by atoms with Crippen molar-refractivity contribution in [2.24, 2.45) is 0 Å². The van der Waals surface area contributed by atoms with Crippen LogP contribution in [0.5, 0.6) is 0 Å². The molecule has 7 heteroatoms. The number of amides is 1. The fourth-order valence-electron chi connectivity index (χ4n) is 1.77. The number of carbonyl (C=O) groups excluding carboxylic acids is 1. The van der Waals surface area contributed by atoms with Crippen LogP contribution in [0.4, 0.5) is 5.69 Å². The highest BCUT2D eigenvalue weighted by Gasteiger charge is 2.16. The average Bonchev–Trinajstić information content (AvgIpc) is 2.32. The Kier molecular flexibility index (Phi) is 6.48. The van der Waals surface area contributed by atoms with Gasteiger partial charge in [0.1, 0.15) is 0 Å². The number of aryl methyl sites for hydroxylation is 1. The van der Waals surface area contributed by atoms with Crippen molar-refractivity contribution in [1.29, 1.82) is 0 Å². The van der Waals surface area contributed by atoms with E-state index in [2.05, 4.69) is 28.2 Å². The summed E-state index contributed by atoms with van der Waals surface area (Å²) in [6.45, 7) is 3.71. The number of unbranched alkanes of at least 4 members (excludes halogenated alkanes) is 2. The molecule has 0 aliphatic heterocycles. The van der Waals surface area contributed by atoms with Crippen LogP contribution in [0.15, 0.2) is 21.5 Å². The number of rotatable bonds is 6. The van der Waals surface area contributed by atoms with Crippen LogP contribution in [0.25, 0.3) is 0 Å². The van der Waals surface area contributed by atoms with Crippen LogP contribution >= 0.6 is 26.6 Å². The molecule has 0 fully saturated rings. The van der Waals surface area contributed by atoms with Crippen LogP contribution in [-0.4, -0.2) is 14.3 Å². The zero-order chi connectivity index (χ0) is 15.3. The zero-order valence-electron chi connectivity index (χ0n) is 11.4. The molecule has 0 spiro atoms. The topological polar surface area (TPSA) is 63.2 Å². The highest BCUT2D eigenvalue weighted by atomic mass is 79.9. The standard InChI is InChI=1S/C13H17BrClNO3S/c1-3-4-5-6-13(17)16-11-7-9(2)12(8-10(11)14)20(15,18)19/h7-8H,3-6H2,1-2H3,(H,16,17). The number of anilines is 1. The van der Waals surface area contributed by atoms with Gasteiger partial charge in [0.05, 0.1) is 10.6 Å². The van der Waals surface area contributed by atoms with Crippen molar-refractivity contribution >= 4 is 47.3 Å². The Bertz CT molecular complexity index is 602. The van der Waals surface area contributed by atoms with E-state index >= 15 is 0 Å². The minimum absolute atomic E-state index is 0.0371. The number of carbonyl (C=O) groups is 1. The fourth-order valence-corrected chi connectivity index (χ4v) is 3.56. The lowest BCUT2D eigenvalue weighted by Crippen LogP contribution is -2.12. The quantitative estimate of drug-likeness (QED) is 0.592. The van der Waals surface area contributed by atoms with Crippen LogP contribution in [0.1, 0.15) is 38.2 Å². The molecular weight excluding hydrogens is 366 g/mol. The van der Waals surface area contributed by atoms with Gasteiger partial charge in [0, 0.05) is 21.6 Å². The number of nitrogens with one attached hydrogen (secondary N) is 1. The van der Waals surface area contributed by atoms with Crippen LogP contribution in [0.2, 0.25) is 0 Å². The number of halogens is 2. The third-order valence-electron chi connectivity index (χ3n) is 2.81. The molecule has 20 heavy (non-hydrogen) atoms. The molecule has 0 aliphatic rings. The van der Waals surface area contributed by atoms with E-state index in [1.165, 1.54) is 6.07 Å². The highest BCUT2D eigenvalue weighted by molar-refractivity contribution is 9.10. The van der Waals surface area contributed by atoms with E-state index in [1.54, 1.807) is 13.0 Å². The molecule has 1 rings (SSSR count). The van der Waals surface area contributed by atoms with Gasteiger partial charge < -0.3 is 5.32 Å². The maximum absolute atomic E-state index is 11.8. The molecule has 0 saturated heterocycles. The summed E-state index contributed by atoms with van der Waals surface area (Å²) in [5.41, 5.74) is 1.04. The molecule has 0 atom stereocenters. The molecule has 4 nitrogen and oxygen atoms in total. The molecule has 1 aromatic carbocycles. The lowest BCUT2D eigenvalue weighted by atomic mass is 10.2. The summed E-state index contributed by atoms with van der Waals surface area (Å²) < 4.78 is 23.2. The summed E-state index contributed by atoms with van der Waals surface area (Å²) in [4.78, 5) is 11.8. The minimum Gasteiger partial charge on any atom is -0.325 e. The van der Waals surface area contributed by atoms with E-state index in [4.69, 9.17) is 10.7 Å². The summed E-state index contributed by atoms with van der Waals surface area (Å²) in [6, 6.07) is 3.00. The molecule has 1 N–H and O–H groups in total. The van der Waals surface area contributed by atoms with Crippen molar-refractivity contribution in [2.45, 2.75) is 44.4 Å². The second-order valence-electron chi connectivity index (χ2n) is 4.54. The van der Waals surface area contributed by atoms with Crippen molar-refractivity contribution in [3.8, 4) is 0 Å². The average molecular weight is 383 g/mol. The first-order chi connectivity index (χ1) is 9.25. The van der Waals surface area contributed by atoms with Gasteiger partial charge in [0.2, 0.25) is 5.91 Å². The van der Waals surface area contributed by atoms with E-state index in [0.717, 1.165) is 19.3 Å². The highest BCUT2D eigenvalue weighted by Crippen LogP contribution is 2.30. The number of hydrogen-bond donors (Lipinski definition) is 1. The van der Waals surface area contributed by atoms with E-state index < -0.39 is 9.05 Å². The molecule has 112 valence electrons. The summed E-state index contributed by atoms with van der Waals surface area (Å²) in [5, 5.41) is 2.76. The fraction of sp³-hybridized carbons (Fsp3) is 0.462.